The average molecular weight is 323 g/mol. The van der Waals surface area contributed by atoms with Crippen LogP contribution in [0.1, 0.15) is 24.6 Å². The minimum absolute atomic E-state index is 0.0827. The lowest BCUT2D eigenvalue weighted by atomic mass is 10.2. The van der Waals surface area contributed by atoms with E-state index in [1.165, 1.54) is 4.88 Å². The molecule has 6 heteroatoms. The highest BCUT2D eigenvalue weighted by Crippen LogP contribution is 2.12. The molecule has 1 fully saturated rings. The molecule has 0 bridgehead atoms. The molecule has 2 rings (SSSR count). The first-order valence-electron chi connectivity index (χ1n) is 7.98. The van der Waals surface area contributed by atoms with Gasteiger partial charge in [0.15, 0.2) is 0 Å². The minimum atomic E-state index is 0.0827. The molecule has 0 spiro atoms. The molecule has 1 aromatic heterocycles. The molecule has 1 aliphatic heterocycles. The van der Waals surface area contributed by atoms with Gasteiger partial charge in [-0.25, -0.2) is 0 Å². The molecule has 1 saturated heterocycles. The fraction of sp³-hybridized carbons (Fsp3) is 0.625. The van der Waals surface area contributed by atoms with E-state index in [0.29, 0.717) is 13.0 Å². The molecule has 0 atom stereocenters. The van der Waals surface area contributed by atoms with E-state index >= 15 is 0 Å². The molecule has 1 N–H and O–H groups in total. The van der Waals surface area contributed by atoms with Crippen molar-refractivity contribution in [2.24, 2.45) is 0 Å². The Hall–Kier alpha value is -1.40. The zero-order valence-electron chi connectivity index (χ0n) is 13.2. The zero-order valence-corrected chi connectivity index (χ0v) is 14.0. The summed E-state index contributed by atoms with van der Waals surface area (Å²) in [5.41, 5.74) is 0. The predicted octanol–water partition coefficient (Wildman–Crippen LogP) is 1.35. The van der Waals surface area contributed by atoms with Crippen LogP contribution in [0, 0.1) is 0 Å². The third-order valence-electron chi connectivity index (χ3n) is 3.83. The van der Waals surface area contributed by atoms with Gasteiger partial charge in [0.2, 0.25) is 11.8 Å². The van der Waals surface area contributed by atoms with Gasteiger partial charge in [-0.3, -0.25) is 14.5 Å². The molecular weight excluding hydrogens is 298 g/mol. The summed E-state index contributed by atoms with van der Waals surface area (Å²) in [6.45, 7) is 6.24. The number of carbonyl (C=O) groups excluding carboxylic acids is 2. The van der Waals surface area contributed by atoms with Crippen LogP contribution in [-0.4, -0.2) is 60.9 Å². The summed E-state index contributed by atoms with van der Waals surface area (Å²) in [7, 11) is 0. The quantitative estimate of drug-likeness (QED) is 0.824. The molecular formula is C16H25N3O2S. The Balaban J connectivity index is 1.65. The third-order valence-corrected chi connectivity index (χ3v) is 4.77. The summed E-state index contributed by atoms with van der Waals surface area (Å²) in [6.07, 6.45) is 2.37. The van der Waals surface area contributed by atoms with Crippen LogP contribution < -0.4 is 5.32 Å². The number of piperazine rings is 1. The smallest absolute Gasteiger partial charge is 0.234 e. The zero-order chi connectivity index (χ0) is 15.8. The first-order valence-corrected chi connectivity index (χ1v) is 8.86. The minimum Gasteiger partial charge on any atom is -0.355 e. The Morgan fingerprint density at radius 3 is 2.68 bits per heavy atom. The highest BCUT2D eigenvalue weighted by atomic mass is 32.1. The van der Waals surface area contributed by atoms with Crippen molar-refractivity contribution in [3.05, 3.63) is 22.4 Å². The highest BCUT2D eigenvalue weighted by Gasteiger charge is 2.22. The lowest BCUT2D eigenvalue weighted by Crippen LogP contribution is -2.51. The van der Waals surface area contributed by atoms with Crippen LogP contribution in [0.4, 0.5) is 0 Å². The maximum atomic E-state index is 12.2. The molecule has 0 aromatic carbocycles. The van der Waals surface area contributed by atoms with E-state index in [9.17, 15) is 9.59 Å². The molecule has 2 heterocycles. The Morgan fingerprint density at radius 1 is 1.27 bits per heavy atom. The molecule has 0 saturated carbocycles. The molecule has 5 nitrogen and oxygen atoms in total. The maximum absolute atomic E-state index is 12.2. The lowest BCUT2D eigenvalue weighted by Gasteiger charge is -2.34. The van der Waals surface area contributed by atoms with E-state index in [-0.39, 0.29) is 11.8 Å². The molecule has 1 aromatic rings. The van der Waals surface area contributed by atoms with Gasteiger partial charge in [0.05, 0.1) is 6.54 Å². The second kappa shape index (κ2) is 8.90. The van der Waals surface area contributed by atoms with Gasteiger partial charge in [0.25, 0.3) is 0 Å². The van der Waals surface area contributed by atoms with Gasteiger partial charge >= 0.3 is 0 Å². The number of thiophene rings is 1. The Labute approximate surface area is 136 Å². The average Bonchev–Trinajstić information content (AvgIpc) is 3.05. The Kier molecular flexibility index (Phi) is 6.86. The van der Waals surface area contributed by atoms with E-state index in [1.54, 1.807) is 11.3 Å². The Bertz CT molecular complexity index is 468. The molecule has 0 aliphatic carbocycles. The summed E-state index contributed by atoms with van der Waals surface area (Å²) >= 11 is 1.70. The summed E-state index contributed by atoms with van der Waals surface area (Å²) in [4.78, 5) is 29.2. The standard InChI is InChI=1S/C16H25N3O2S/c1-2-7-17-15(20)13-18-8-10-19(11-9-18)16(21)6-5-14-4-3-12-22-14/h3-4,12H,2,5-11,13H2,1H3,(H,17,20). The van der Waals surface area contributed by atoms with Crippen molar-refractivity contribution < 1.29 is 9.59 Å². The van der Waals surface area contributed by atoms with Gasteiger partial charge in [0, 0.05) is 44.0 Å². The first kappa shape index (κ1) is 17.0. The lowest BCUT2D eigenvalue weighted by molar-refractivity contribution is -0.133. The van der Waals surface area contributed by atoms with Crippen LogP contribution in [0.25, 0.3) is 0 Å². The van der Waals surface area contributed by atoms with Gasteiger partial charge in [-0.05, 0) is 24.3 Å². The van der Waals surface area contributed by atoms with Gasteiger partial charge in [-0.1, -0.05) is 13.0 Å². The number of hydrogen-bond donors (Lipinski definition) is 1. The third kappa shape index (κ3) is 5.42. The van der Waals surface area contributed by atoms with Crippen LogP contribution in [0.3, 0.4) is 0 Å². The summed E-state index contributed by atoms with van der Waals surface area (Å²) in [5.74, 6) is 0.308. The second-order valence-corrected chi connectivity index (χ2v) is 6.62. The van der Waals surface area contributed by atoms with Crippen molar-refractivity contribution in [2.45, 2.75) is 26.2 Å². The van der Waals surface area contributed by atoms with Crippen molar-refractivity contribution in [1.29, 1.82) is 0 Å². The van der Waals surface area contributed by atoms with E-state index < -0.39 is 0 Å². The number of hydrogen-bond acceptors (Lipinski definition) is 4. The van der Waals surface area contributed by atoms with Gasteiger partial charge in [-0.2, -0.15) is 0 Å². The number of nitrogens with zero attached hydrogens (tertiary/aromatic N) is 2. The van der Waals surface area contributed by atoms with Crippen LogP contribution >= 0.6 is 11.3 Å². The highest BCUT2D eigenvalue weighted by molar-refractivity contribution is 7.09. The van der Waals surface area contributed by atoms with E-state index in [4.69, 9.17) is 0 Å². The number of rotatable bonds is 7. The molecule has 0 unspecified atom stereocenters. The summed E-state index contributed by atoms with van der Waals surface area (Å²) < 4.78 is 0. The molecule has 0 radical (unpaired) electrons. The monoisotopic (exact) mass is 323 g/mol. The van der Waals surface area contributed by atoms with Crippen LogP contribution in [0.15, 0.2) is 17.5 Å². The van der Waals surface area contributed by atoms with E-state index in [2.05, 4.69) is 16.3 Å². The fourth-order valence-electron chi connectivity index (χ4n) is 2.52. The Morgan fingerprint density at radius 2 is 2.05 bits per heavy atom. The summed E-state index contributed by atoms with van der Waals surface area (Å²) in [5, 5.41) is 4.93. The molecule has 22 heavy (non-hydrogen) atoms. The summed E-state index contributed by atoms with van der Waals surface area (Å²) in [6, 6.07) is 4.09. The second-order valence-electron chi connectivity index (χ2n) is 5.59. The van der Waals surface area contributed by atoms with Gasteiger partial charge in [-0.15, -0.1) is 11.3 Å². The predicted molar refractivity (Wildman–Crippen MR) is 89.0 cm³/mol. The van der Waals surface area contributed by atoms with Crippen molar-refractivity contribution >= 4 is 23.2 Å². The first-order chi connectivity index (χ1) is 10.7. The number of amides is 2. The van der Waals surface area contributed by atoms with Crippen molar-refractivity contribution in [3.8, 4) is 0 Å². The van der Waals surface area contributed by atoms with E-state index in [1.807, 2.05) is 23.3 Å². The van der Waals surface area contributed by atoms with Gasteiger partial charge in [0.1, 0.15) is 0 Å². The topological polar surface area (TPSA) is 52.7 Å². The SMILES string of the molecule is CCCNC(=O)CN1CCN(C(=O)CCc2cccs2)CC1. The molecule has 1 aliphatic rings. The van der Waals surface area contributed by atoms with Crippen molar-refractivity contribution in [1.82, 2.24) is 15.1 Å². The maximum Gasteiger partial charge on any atom is 0.234 e. The van der Waals surface area contributed by atoms with Crippen molar-refractivity contribution in [3.63, 3.8) is 0 Å². The van der Waals surface area contributed by atoms with Crippen molar-refractivity contribution in [2.75, 3.05) is 39.3 Å². The largest absolute Gasteiger partial charge is 0.355 e. The number of nitrogens with one attached hydrogen (secondary N) is 1. The van der Waals surface area contributed by atoms with Gasteiger partial charge < -0.3 is 10.2 Å². The number of aryl methyl sites for hydroxylation is 1. The molecule has 122 valence electrons. The normalized spacial score (nSPS) is 15.8. The van der Waals surface area contributed by atoms with Crippen LogP contribution in [0.5, 0.6) is 0 Å². The molecule has 2 amide bonds. The van der Waals surface area contributed by atoms with E-state index in [0.717, 1.165) is 45.6 Å². The number of carbonyl (C=O) groups is 2. The van der Waals surface area contributed by atoms with Crippen LogP contribution in [0.2, 0.25) is 0 Å². The van der Waals surface area contributed by atoms with Crippen LogP contribution in [-0.2, 0) is 16.0 Å². The fourth-order valence-corrected chi connectivity index (χ4v) is 3.23.